The predicted molar refractivity (Wildman–Crippen MR) is 120 cm³/mol. The van der Waals surface area contributed by atoms with Crippen LogP contribution < -0.4 is 15.5 Å². The molecular weight excluding hydrogens is 394 g/mol. The summed E-state index contributed by atoms with van der Waals surface area (Å²) in [7, 11) is 0. The van der Waals surface area contributed by atoms with Crippen molar-refractivity contribution >= 4 is 39.0 Å². The topological polar surface area (TPSA) is 78.9 Å². The van der Waals surface area contributed by atoms with Gasteiger partial charge in [-0.3, -0.25) is 4.98 Å². The molecule has 0 radical (unpaired) electrons. The number of nitrogens with zero attached hydrogens (tertiary/aromatic N) is 5. The average Bonchev–Trinajstić information content (AvgIpc) is 3.49. The van der Waals surface area contributed by atoms with Gasteiger partial charge in [0.1, 0.15) is 28.2 Å². The first-order chi connectivity index (χ1) is 14.7. The molecular formula is C22H21N7S. The van der Waals surface area contributed by atoms with E-state index >= 15 is 0 Å². The normalized spacial score (nSPS) is 20.2. The Kier molecular flexibility index (Phi) is 4.14. The number of aryl methyl sites for hydroxylation is 1. The Bertz CT molecular complexity index is 1240. The van der Waals surface area contributed by atoms with Crippen molar-refractivity contribution in [3.8, 4) is 10.7 Å². The molecule has 7 nitrogen and oxygen atoms in total. The van der Waals surface area contributed by atoms with E-state index in [-0.39, 0.29) is 0 Å². The van der Waals surface area contributed by atoms with Crippen LogP contribution in [-0.4, -0.2) is 45.1 Å². The predicted octanol–water partition coefficient (Wildman–Crippen LogP) is 3.75. The standard InChI is InChI=1S/C22H21N7S/c1-13-4-3-7-23-21(13)22-26-16-9-19(25-11-17(16)30-22)27-18-5-2-6-20(28-18)29-12-14-8-15(29)10-24-14/h2-7,9,11,14-15,24H,8,10,12H2,1H3,(H,25,27,28)/t14-,15-/m0/s1. The Morgan fingerprint density at radius 3 is 2.93 bits per heavy atom. The highest BCUT2D eigenvalue weighted by Crippen LogP contribution is 2.32. The van der Waals surface area contributed by atoms with Gasteiger partial charge in [-0.25, -0.2) is 15.0 Å². The van der Waals surface area contributed by atoms with Gasteiger partial charge in [0.25, 0.3) is 0 Å². The molecule has 0 unspecified atom stereocenters. The summed E-state index contributed by atoms with van der Waals surface area (Å²) in [5.74, 6) is 2.56. The smallest absolute Gasteiger partial charge is 0.143 e. The molecule has 2 aliphatic rings. The minimum Gasteiger partial charge on any atom is -0.351 e. The van der Waals surface area contributed by atoms with Crippen molar-refractivity contribution in [1.82, 2.24) is 25.3 Å². The Labute approximate surface area is 178 Å². The van der Waals surface area contributed by atoms with Crippen molar-refractivity contribution in [3.63, 3.8) is 0 Å². The van der Waals surface area contributed by atoms with E-state index in [0.29, 0.717) is 12.1 Å². The van der Waals surface area contributed by atoms with E-state index in [1.165, 1.54) is 6.42 Å². The van der Waals surface area contributed by atoms with Crippen LogP contribution in [0.4, 0.5) is 17.5 Å². The van der Waals surface area contributed by atoms with E-state index < -0.39 is 0 Å². The second kappa shape index (κ2) is 7.00. The molecule has 2 saturated heterocycles. The van der Waals surface area contributed by atoms with Crippen LogP contribution in [0.2, 0.25) is 0 Å². The first-order valence-electron chi connectivity index (χ1n) is 10.2. The number of hydrogen-bond acceptors (Lipinski definition) is 8. The summed E-state index contributed by atoms with van der Waals surface area (Å²) < 4.78 is 1.04. The number of hydrogen-bond donors (Lipinski definition) is 2. The third-order valence-electron chi connectivity index (χ3n) is 5.83. The van der Waals surface area contributed by atoms with Gasteiger partial charge in [0, 0.05) is 43.6 Å². The molecule has 2 atom stereocenters. The van der Waals surface area contributed by atoms with Gasteiger partial charge >= 0.3 is 0 Å². The highest BCUT2D eigenvalue weighted by atomic mass is 32.1. The number of pyridine rings is 3. The molecule has 8 heteroatoms. The van der Waals surface area contributed by atoms with Crippen molar-refractivity contribution in [2.45, 2.75) is 25.4 Å². The molecule has 6 heterocycles. The summed E-state index contributed by atoms with van der Waals surface area (Å²) in [5.41, 5.74) is 2.96. The lowest BCUT2D eigenvalue weighted by Crippen LogP contribution is -2.44. The highest BCUT2D eigenvalue weighted by molar-refractivity contribution is 7.21. The van der Waals surface area contributed by atoms with Crippen LogP contribution in [0.3, 0.4) is 0 Å². The van der Waals surface area contributed by atoms with Crippen molar-refractivity contribution in [1.29, 1.82) is 0 Å². The van der Waals surface area contributed by atoms with Gasteiger partial charge in [-0.1, -0.05) is 12.1 Å². The maximum Gasteiger partial charge on any atom is 0.143 e. The van der Waals surface area contributed by atoms with Gasteiger partial charge in [-0.2, -0.15) is 0 Å². The molecule has 150 valence electrons. The summed E-state index contributed by atoms with van der Waals surface area (Å²) in [6.07, 6.45) is 4.88. The van der Waals surface area contributed by atoms with E-state index in [1.54, 1.807) is 17.5 Å². The number of fused-ring (bicyclic) bond motifs is 3. The van der Waals surface area contributed by atoms with Crippen LogP contribution in [0.25, 0.3) is 20.9 Å². The first-order valence-corrected chi connectivity index (χ1v) is 11.0. The second-order valence-corrected chi connectivity index (χ2v) is 8.91. The summed E-state index contributed by atoms with van der Waals surface area (Å²) in [6, 6.07) is 13.2. The van der Waals surface area contributed by atoms with Crippen LogP contribution in [0.15, 0.2) is 48.8 Å². The number of anilines is 3. The molecule has 2 aliphatic heterocycles. The van der Waals surface area contributed by atoms with Crippen molar-refractivity contribution in [3.05, 3.63) is 54.4 Å². The molecule has 30 heavy (non-hydrogen) atoms. The van der Waals surface area contributed by atoms with Crippen molar-refractivity contribution < 1.29 is 0 Å². The lowest BCUT2D eigenvalue weighted by molar-refractivity contribution is 0.576. The largest absolute Gasteiger partial charge is 0.351 e. The van der Waals surface area contributed by atoms with E-state index in [4.69, 9.17) is 9.97 Å². The third kappa shape index (κ3) is 3.09. The molecule has 2 N–H and O–H groups in total. The summed E-state index contributed by atoms with van der Waals surface area (Å²) in [5, 5.41) is 7.80. The Morgan fingerprint density at radius 1 is 1.13 bits per heavy atom. The van der Waals surface area contributed by atoms with E-state index in [2.05, 4.69) is 44.6 Å². The zero-order valence-electron chi connectivity index (χ0n) is 16.5. The molecule has 6 rings (SSSR count). The fourth-order valence-corrected chi connectivity index (χ4v) is 5.32. The molecule has 0 spiro atoms. The monoisotopic (exact) mass is 415 g/mol. The lowest BCUT2D eigenvalue weighted by atomic mass is 10.2. The lowest BCUT2D eigenvalue weighted by Gasteiger charge is -2.28. The van der Waals surface area contributed by atoms with Crippen LogP contribution in [0, 0.1) is 6.92 Å². The number of aromatic nitrogens is 4. The van der Waals surface area contributed by atoms with Crippen molar-refractivity contribution in [2.75, 3.05) is 23.3 Å². The van der Waals surface area contributed by atoms with Gasteiger partial charge < -0.3 is 15.5 Å². The second-order valence-electron chi connectivity index (χ2n) is 7.88. The summed E-state index contributed by atoms with van der Waals surface area (Å²) >= 11 is 1.61. The summed E-state index contributed by atoms with van der Waals surface area (Å²) in [4.78, 5) is 21.1. The fourth-order valence-electron chi connectivity index (χ4n) is 4.34. The first kappa shape index (κ1) is 17.7. The van der Waals surface area contributed by atoms with Crippen LogP contribution in [0.5, 0.6) is 0 Å². The van der Waals surface area contributed by atoms with E-state index in [0.717, 1.165) is 57.0 Å². The molecule has 4 aromatic rings. The quantitative estimate of drug-likeness (QED) is 0.525. The number of piperazine rings is 1. The van der Waals surface area contributed by atoms with E-state index in [9.17, 15) is 0 Å². The molecule has 0 amide bonds. The van der Waals surface area contributed by atoms with Gasteiger partial charge in [0.15, 0.2) is 0 Å². The number of thiazole rings is 1. The van der Waals surface area contributed by atoms with Gasteiger partial charge in [-0.15, -0.1) is 11.3 Å². The number of nitrogens with one attached hydrogen (secondary N) is 2. The Morgan fingerprint density at radius 2 is 2.10 bits per heavy atom. The van der Waals surface area contributed by atoms with Crippen LogP contribution >= 0.6 is 11.3 Å². The average molecular weight is 416 g/mol. The fraction of sp³-hybridized carbons (Fsp3) is 0.273. The zero-order valence-corrected chi connectivity index (χ0v) is 17.4. The minimum atomic E-state index is 0.552. The SMILES string of the molecule is Cc1cccnc1-c1nc2cc(Nc3cccc(N4C[C@@H]5C[C@H]4CN5)n3)ncc2s1. The minimum absolute atomic E-state index is 0.552. The molecule has 2 fully saturated rings. The van der Waals surface area contributed by atoms with E-state index in [1.807, 2.05) is 30.5 Å². The zero-order chi connectivity index (χ0) is 20.1. The third-order valence-corrected chi connectivity index (χ3v) is 6.84. The Hall–Kier alpha value is -3.10. The van der Waals surface area contributed by atoms with Crippen LogP contribution in [0.1, 0.15) is 12.0 Å². The molecule has 2 bridgehead atoms. The van der Waals surface area contributed by atoms with Gasteiger partial charge in [0.2, 0.25) is 0 Å². The summed E-state index contributed by atoms with van der Waals surface area (Å²) in [6.45, 7) is 4.13. The maximum absolute atomic E-state index is 4.83. The van der Waals surface area contributed by atoms with Gasteiger partial charge in [0.05, 0.1) is 10.2 Å². The maximum atomic E-state index is 4.83. The number of rotatable bonds is 4. The van der Waals surface area contributed by atoms with Crippen LogP contribution in [-0.2, 0) is 0 Å². The molecule has 0 aliphatic carbocycles. The molecule has 4 aromatic heterocycles. The highest BCUT2D eigenvalue weighted by Gasteiger charge is 2.38. The molecule has 0 aromatic carbocycles. The van der Waals surface area contributed by atoms with Crippen molar-refractivity contribution in [2.24, 2.45) is 0 Å². The van der Waals surface area contributed by atoms with Gasteiger partial charge in [-0.05, 0) is 37.1 Å². The molecule has 0 saturated carbocycles. The Balaban J connectivity index is 1.27.